The van der Waals surface area contributed by atoms with Crippen LogP contribution in [-0.4, -0.2) is 23.1 Å². The smallest absolute Gasteiger partial charge is 0.178 e. The molecule has 0 spiro atoms. The molecule has 6 saturated carbocycles. The van der Waals surface area contributed by atoms with E-state index >= 15 is 0 Å². The van der Waals surface area contributed by atoms with Crippen molar-refractivity contribution in [1.29, 1.82) is 0 Å². The first kappa shape index (κ1) is 28.4. The van der Waals surface area contributed by atoms with E-state index in [0.29, 0.717) is 47.1 Å². The molecule has 6 fully saturated rings. The van der Waals surface area contributed by atoms with Gasteiger partial charge in [-0.05, 0) is 124 Å². The highest BCUT2D eigenvalue weighted by Gasteiger charge is 2.59. The van der Waals surface area contributed by atoms with Crippen LogP contribution in [0.25, 0.3) is 0 Å². The van der Waals surface area contributed by atoms with E-state index in [0.717, 1.165) is 64.2 Å². The van der Waals surface area contributed by atoms with Crippen LogP contribution in [-0.2, 0) is 19.2 Å². The van der Waals surface area contributed by atoms with Gasteiger partial charge in [0.05, 0.1) is 0 Å². The summed E-state index contributed by atoms with van der Waals surface area (Å²) in [4.78, 5) is 48.1. The maximum atomic E-state index is 12.3. The predicted octanol–water partition coefficient (Wildman–Crippen LogP) is 7.73. The van der Waals surface area contributed by atoms with Gasteiger partial charge in [-0.15, -0.1) is 0 Å². The van der Waals surface area contributed by atoms with Gasteiger partial charge in [0.1, 0.15) is 11.6 Å². The first-order valence-electron chi connectivity index (χ1n) is 16.9. The lowest BCUT2D eigenvalue weighted by Gasteiger charge is -2.55. The zero-order chi connectivity index (χ0) is 29.7. The predicted molar refractivity (Wildman–Crippen MR) is 163 cm³/mol. The molecule has 8 aliphatic carbocycles. The van der Waals surface area contributed by atoms with Crippen molar-refractivity contribution in [2.75, 3.05) is 0 Å². The third-order valence-electron chi connectivity index (χ3n) is 14.5. The Kier molecular flexibility index (Phi) is 6.47. The lowest BCUT2D eigenvalue weighted by Crippen LogP contribution is -2.49. The van der Waals surface area contributed by atoms with Crippen LogP contribution in [0.15, 0.2) is 47.6 Å². The molecule has 4 nitrogen and oxygen atoms in total. The van der Waals surface area contributed by atoms with Crippen molar-refractivity contribution < 1.29 is 19.2 Å². The molecule has 0 unspecified atom stereocenters. The molecule has 8 aliphatic rings. The lowest BCUT2D eigenvalue weighted by atomic mass is 9.48. The SMILES string of the molecule is C[C@]12C=CC(=O)C=C1CC[C@@H]1[C@@H]2CC[C@]2(C)C(=O)CC[C@@H]12.C[C@]12C=CC(=O)C=C1CC[C@@H]1[C@@H]2CC[C@]2(C)C(=O)CC[C@@H]12. The van der Waals surface area contributed by atoms with E-state index in [-0.39, 0.29) is 33.2 Å². The van der Waals surface area contributed by atoms with Crippen LogP contribution in [0.3, 0.4) is 0 Å². The van der Waals surface area contributed by atoms with Gasteiger partial charge in [-0.1, -0.05) is 51.0 Å². The zero-order valence-corrected chi connectivity index (χ0v) is 26.0. The maximum absolute atomic E-state index is 12.3. The van der Waals surface area contributed by atoms with Gasteiger partial charge < -0.3 is 0 Å². The van der Waals surface area contributed by atoms with Crippen molar-refractivity contribution in [1.82, 2.24) is 0 Å². The van der Waals surface area contributed by atoms with Crippen LogP contribution in [0.1, 0.15) is 105 Å². The van der Waals surface area contributed by atoms with Crippen LogP contribution >= 0.6 is 0 Å². The number of allylic oxidation sites excluding steroid dienone is 8. The molecular weight excluding hydrogens is 520 g/mol. The van der Waals surface area contributed by atoms with Crippen molar-refractivity contribution in [2.45, 2.75) is 105 Å². The van der Waals surface area contributed by atoms with E-state index < -0.39 is 0 Å². The van der Waals surface area contributed by atoms with Gasteiger partial charge >= 0.3 is 0 Å². The molecule has 0 aromatic heterocycles. The summed E-state index contributed by atoms with van der Waals surface area (Å²) in [5, 5.41) is 0. The summed E-state index contributed by atoms with van der Waals surface area (Å²) in [6.07, 6.45) is 24.1. The first-order valence-corrected chi connectivity index (χ1v) is 16.9. The van der Waals surface area contributed by atoms with Crippen molar-refractivity contribution in [2.24, 2.45) is 57.2 Å². The minimum absolute atomic E-state index is 0.0487. The quantitative estimate of drug-likeness (QED) is 0.300. The van der Waals surface area contributed by atoms with E-state index in [1.54, 1.807) is 12.2 Å². The maximum Gasteiger partial charge on any atom is 0.178 e. The Hall–Kier alpha value is -2.36. The van der Waals surface area contributed by atoms with E-state index in [1.807, 2.05) is 12.2 Å². The van der Waals surface area contributed by atoms with Gasteiger partial charge in [0, 0.05) is 34.5 Å². The van der Waals surface area contributed by atoms with Crippen LogP contribution < -0.4 is 0 Å². The molecule has 0 heterocycles. The molecule has 0 amide bonds. The molecule has 4 heteroatoms. The monoisotopic (exact) mass is 568 g/mol. The van der Waals surface area contributed by atoms with Crippen LogP contribution in [0.4, 0.5) is 0 Å². The number of hydrogen-bond donors (Lipinski definition) is 0. The van der Waals surface area contributed by atoms with E-state index in [2.05, 4.69) is 39.8 Å². The van der Waals surface area contributed by atoms with Gasteiger partial charge in [-0.3, -0.25) is 19.2 Å². The number of carbonyl (C=O) groups is 4. The molecule has 0 bridgehead atoms. The fourth-order valence-corrected chi connectivity index (χ4v) is 11.9. The van der Waals surface area contributed by atoms with Crippen molar-refractivity contribution in [3.63, 3.8) is 0 Å². The summed E-state index contributed by atoms with van der Waals surface area (Å²) in [5.74, 6) is 5.03. The summed E-state index contributed by atoms with van der Waals surface area (Å²) < 4.78 is 0. The van der Waals surface area contributed by atoms with Crippen molar-refractivity contribution in [3.8, 4) is 0 Å². The molecule has 0 aliphatic heterocycles. The van der Waals surface area contributed by atoms with Crippen molar-refractivity contribution in [3.05, 3.63) is 47.6 Å². The summed E-state index contributed by atoms with van der Waals surface area (Å²) in [7, 11) is 0. The topological polar surface area (TPSA) is 68.3 Å². The number of rotatable bonds is 0. The second kappa shape index (κ2) is 9.57. The third kappa shape index (κ3) is 3.91. The van der Waals surface area contributed by atoms with Crippen molar-refractivity contribution >= 4 is 23.1 Å². The number of ketones is 4. The molecule has 0 aromatic rings. The summed E-state index contributed by atoms with van der Waals surface area (Å²) >= 11 is 0. The first-order chi connectivity index (χ1) is 19.9. The molecule has 224 valence electrons. The molecule has 8 rings (SSSR count). The summed E-state index contributed by atoms with van der Waals surface area (Å²) in [5.41, 5.74) is 2.70. The Labute approximate surface area is 251 Å². The number of Topliss-reactive ketones (excluding diaryl/α,β-unsaturated/α-hetero) is 2. The molecule has 0 N–H and O–H groups in total. The van der Waals surface area contributed by atoms with E-state index in [1.165, 1.54) is 24.0 Å². The van der Waals surface area contributed by atoms with Gasteiger partial charge in [0.2, 0.25) is 0 Å². The highest BCUT2D eigenvalue weighted by atomic mass is 16.1. The van der Waals surface area contributed by atoms with Crippen LogP contribution in [0.5, 0.6) is 0 Å². The molecule has 0 aromatic carbocycles. The second-order valence-corrected chi connectivity index (χ2v) is 16.0. The summed E-state index contributed by atoms with van der Waals surface area (Å²) in [6.45, 7) is 9.07. The lowest BCUT2D eigenvalue weighted by molar-refractivity contribution is -0.132. The zero-order valence-electron chi connectivity index (χ0n) is 26.0. The Morgan fingerprint density at radius 1 is 0.524 bits per heavy atom. The van der Waals surface area contributed by atoms with Gasteiger partial charge in [0.15, 0.2) is 11.6 Å². The number of fused-ring (bicyclic) bond motifs is 10. The van der Waals surface area contributed by atoms with E-state index in [4.69, 9.17) is 0 Å². The normalized spacial score (nSPS) is 48.5. The molecule has 42 heavy (non-hydrogen) atoms. The fourth-order valence-electron chi connectivity index (χ4n) is 11.9. The van der Waals surface area contributed by atoms with Crippen LogP contribution in [0, 0.1) is 57.2 Å². The fraction of sp³-hybridized carbons (Fsp3) is 0.684. The molecule has 0 saturated heterocycles. The number of hydrogen-bond acceptors (Lipinski definition) is 4. The van der Waals surface area contributed by atoms with Gasteiger partial charge in [-0.25, -0.2) is 0 Å². The minimum atomic E-state index is -0.0487. The molecular formula is C38H48O4. The van der Waals surface area contributed by atoms with Gasteiger partial charge in [-0.2, -0.15) is 0 Å². The Balaban J connectivity index is 0.000000137. The Bertz CT molecular complexity index is 1270. The Morgan fingerprint density at radius 2 is 0.929 bits per heavy atom. The average molecular weight is 569 g/mol. The summed E-state index contributed by atoms with van der Waals surface area (Å²) in [6, 6.07) is 0. The molecule has 0 radical (unpaired) electrons. The highest BCUT2D eigenvalue weighted by molar-refractivity contribution is 6.01. The number of carbonyl (C=O) groups excluding carboxylic acids is 4. The van der Waals surface area contributed by atoms with Gasteiger partial charge in [0.25, 0.3) is 0 Å². The molecule has 10 atom stereocenters. The standard InChI is InChI=1S/2C19H24O2/c2*1-18-9-7-13(20)11-12(18)3-4-14-15-5-6-17(21)19(15,2)10-8-16(14)18/h2*7,9,11,14-16H,3-6,8,10H2,1-2H3/t2*14-,15-,16-,18-,19-/m00/s1. The third-order valence-corrected chi connectivity index (χ3v) is 14.5. The largest absolute Gasteiger partial charge is 0.299 e. The van der Waals surface area contributed by atoms with Crippen LogP contribution in [0.2, 0.25) is 0 Å². The average Bonchev–Trinajstić information content (AvgIpc) is 3.44. The van der Waals surface area contributed by atoms with E-state index in [9.17, 15) is 19.2 Å². The second-order valence-electron chi connectivity index (χ2n) is 16.0. The minimum Gasteiger partial charge on any atom is -0.299 e. The highest BCUT2D eigenvalue weighted by Crippen LogP contribution is 2.65. The Morgan fingerprint density at radius 3 is 1.33 bits per heavy atom.